The van der Waals surface area contributed by atoms with E-state index in [9.17, 15) is 0 Å². The zero-order valence-corrected chi connectivity index (χ0v) is 5.64. The summed E-state index contributed by atoms with van der Waals surface area (Å²) >= 11 is 1.59. The molecule has 0 radical (unpaired) electrons. The topological polar surface area (TPSA) is 12.0 Å². The summed E-state index contributed by atoms with van der Waals surface area (Å²) in [5, 5.41) is 0. The van der Waals surface area contributed by atoms with Crippen LogP contribution in [0.15, 0.2) is 11.5 Å². The van der Waals surface area contributed by atoms with Gasteiger partial charge < -0.3 is 0 Å². The molecule has 0 aliphatic rings. The van der Waals surface area contributed by atoms with E-state index in [0.29, 0.717) is 0 Å². The van der Waals surface area contributed by atoms with Crippen molar-refractivity contribution < 1.29 is 0 Å². The number of hydrogen-bond acceptors (Lipinski definition) is 2. The largest absolute Gasteiger partial charge is 0.260 e. The van der Waals surface area contributed by atoms with Crippen LogP contribution in [0.2, 0.25) is 0 Å². The summed E-state index contributed by atoms with van der Waals surface area (Å²) in [6, 6.07) is 0. The first-order chi connectivity index (χ1) is 3.27. The molecule has 0 aliphatic heterocycles. The molecule has 1 N–H and O–H groups in total. The summed E-state index contributed by atoms with van der Waals surface area (Å²) in [4.78, 5) is 1.11. The monoisotopic (exact) mass is 117 g/mol. The van der Waals surface area contributed by atoms with Crippen LogP contribution in [0.25, 0.3) is 0 Å². The molecule has 0 aromatic heterocycles. The van der Waals surface area contributed by atoms with Gasteiger partial charge in [-0.05, 0) is 11.8 Å². The van der Waals surface area contributed by atoms with E-state index in [4.69, 9.17) is 0 Å². The van der Waals surface area contributed by atoms with E-state index in [0.717, 1.165) is 11.4 Å². The van der Waals surface area contributed by atoms with Crippen molar-refractivity contribution in [3.05, 3.63) is 11.5 Å². The van der Waals surface area contributed by atoms with Gasteiger partial charge in [-0.3, -0.25) is 4.72 Å². The van der Waals surface area contributed by atoms with Crippen molar-refractivity contribution in [1.29, 1.82) is 0 Å². The molecule has 0 saturated carbocycles. The van der Waals surface area contributed by atoms with Crippen LogP contribution < -0.4 is 4.72 Å². The van der Waals surface area contributed by atoms with E-state index in [1.54, 1.807) is 11.9 Å². The third kappa shape index (κ3) is 6.05. The highest BCUT2D eigenvalue weighted by Crippen LogP contribution is 2.04. The van der Waals surface area contributed by atoms with E-state index in [1.807, 2.05) is 6.92 Å². The molecule has 7 heavy (non-hydrogen) atoms. The highest BCUT2D eigenvalue weighted by atomic mass is 32.2. The minimum atomic E-state index is 0.998. The lowest BCUT2D eigenvalue weighted by atomic mass is 10.8. The van der Waals surface area contributed by atoms with Gasteiger partial charge in [-0.2, -0.15) is 0 Å². The average molecular weight is 117 g/mol. The molecule has 0 unspecified atom stereocenters. The van der Waals surface area contributed by atoms with E-state index in [-0.39, 0.29) is 0 Å². The van der Waals surface area contributed by atoms with Crippen molar-refractivity contribution in [3.8, 4) is 0 Å². The predicted molar refractivity (Wildman–Crippen MR) is 36.1 cm³/mol. The van der Waals surface area contributed by atoms with Gasteiger partial charge >= 0.3 is 0 Å². The zero-order chi connectivity index (χ0) is 5.70. The summed E-state index contributed by atoms with van der Waals surface area (Å²) in [5.41, 5.74) is 0. The van der Waals surface area contributed by atoms with E-state index in [2.05, 4.69) is 18.2 Å². The van der Waals surface area contributed by atoms with E-state index in [1.165, 1.54) is 0 Å². The van der Waals surface area contributed by atoms with Crippen LogP contribution >= 0.6 is 11.9 Å². The third-order valence-corrected chi connectivity index (χ3v) is 1.17. The van der Waals surface area contributed by atoms with Crippen molar-refractivity contribution in [3.63, 3.8) is 0 Å². The minimum absolute atomic E-state index is 0.998. The summed E-state index contributed by atoms with van der Waals surface area (Å²) in [7, 11) is 0. The molecule has 2 heteroatoms. The van der Waals surface area contributed by atoms with Crippen molar-refractivity contribution >= 4 is 11.9 Å². The maximum atomic E-state index is 3.69. The Balaban J connectivity index is 2.82. The average Bonchev–Trinajstić information content (AvgIpc) is 1.61. The Morgan fingerprint density at radius 1 is 1.86 bits per heavy atom. The van der Waals surface area contributed by atoms with Crippen LogP contribution in [0.4, 0.5) is 0 Å². The quantitative estimate of drug-likeness (QED) is 0.565. The zero-order valence-electron chi connectivity index (χ0n) is 4.82. The fourth-order valence-corrected chi connectivity index (χ4v) is 0.586. The predicted octanol–water partition coefficient (Wildman–Crippen LogP) is 1.78. The Bertz CT molecular complexity index is 61.1. The number of nitrogens with one attached hydrogen (secondary N) is 1. The molecule has 42 valence electrons. The van der Waals surface area contributed by atoms with Crippen LogP contribution in [-0.2, 0) is 0 Å². The maximum Gasteiger partial charge on any atom is 0.00332 e. The second-order valence-electron chi connectivity index (χ2n) is 1.30. The van der Waals surface area contributed by atoms with Crippen LogP contribution in [-0.4, -0.2) is 6.54 Å². The Morgan fingerprint density at radius 3 is 2.57 bits per heavy atom. The van der Waals surface area contributed by atoms with Gasteiger partial charge in [0.2, 0.25) is 0 Å². The molecule has 0 spiro atoms. The lowest BCUT2D eigenvalue weighted by Gasteiger charge is -1.94. The van der Waals surface area contributed by atoms with Crippen LogP contribution in [0.1, 0.15) is 13.8 Å². The van der Waals surface area contributed by atoms with Crippen molar-refractivity contribution in [2.24, 2.45) is 0 Å². The molecule has 0 atom stereocenters. The highest BCUT2D eigenvalue weighted by molar-refractivity contribution is 8.01. The van der Waals surface area contributed by atoms with Gasteiger partial charge in [-0.25, -0.2) is 0 Å². The summed E-state index contributed by atoms with van der Waals surface area (Å²) in [5.74, 6) is 0. The van der Waals surface area contributed by atoms with Gasteiger partial charge in [0.15, 0.2) is 0 Å². The molecule has 0 amide bonds. The first kappa shape index (κ1) is 7.05. The fraction of sp³-hybridized carbons (Fsp3) is 0.600. The highest BCUT2D eigenvalue weighted by Gasteiger charge is 1.79. The molecule has 0 fully saturated rings. The molecule has 0 rings (SSSR count). The Kier molecular flexibility index (Phi) is 4.25. The molecule has 0 heterocycles. The van der Waals surface area contributed by atoms with Gasteiger partial charge in [0.1, 0.15) is 0 Å². The van der Waals surface area contributed by atoms with Crippen LogP contribution in [0, 0.1) is 0 Å². The molecule has 0 aromatic rings. The first-order valence-corrected chi connectivity index (χ1v) is 3.14. The van der Waals surface area contributed by atoms with Gasteiger partial charge in [0.25, 0.3) is 0 Å². The molecular formula is C5H11NS. The van der Waals surface area contributed by atoms with Crippen molar-refractivity contribution in [2.75, 3.05) is 6.54 Å². The SMILES string of the molecule is C=C(C)SNCC. The molecular weight excluding hydrogens is 106 g/mol. The normalized spacial score (nSPS) is 8.86. The maximum absolute atomic E-state index is 3.69. The number of hydrogen-bond donors (Lipinski definition) is 1. The Morgan fingerprint density at radius 2 is 2.43 bits per heavy atom. The molecule has 0 saturated heterocycles. The summed E-state index contributed by atoms with van der Waals surface area (Å²) < 4.78 is 3.06. The number of allylic oxidation sites excluding steroid dienone is 1. The second-order valence-corrected chi connectivity index (χ2v) is 2.49. The second kappa shape index (κ2) is 4.22. The standard InChI is InChI=1S/C5H11NS/c1-4-6-7-5(2)3/h6H,2,4H2,1,3H3. The van der Waals surface area contributed by atoms with Gasteiger partial charge in [-0.15, -0.1) is 0 Å². The van der Waals surface area contributed by atoms with Crippen LogP contribution in [0.5, 0.6) is 0 Å². The summed E-state index contributed by atoms with van der Waals surface area (Å²) in [6.45, 7) is 8.74. The summed E-state index contributed by atoms with van der Waals surface area (Å²) in [6.07, 6.45) is 0. The molecule has 0 aromatic carbocycles. The van der Waals surface area contributed by atoms with Crippen LogP contribution in [0.3, 0.4) is 0 Å². The lowest BCUT2D eigenvalue weighted by Crippen LogP contribution is -1.99. The van der Waals surface area contributed by atoms with Gasteiger partial charge in [0, 0.05) is 6.54 Å². The van der Waals surface area contributed by atoms with Gasteiger partial charge in [0.05, 0.1) is 0 Å². The van der Waals surface area contributed by atoms with Crippen molar-refractivity contribution in [2.45, 2.75) is 13.8 Å². The van der Waals surface area contributed by atoms with Gasteiger partial charge in [-0.1, -0.05) is 25.5 Å². The smallest absolute Gasteiger partial charge is 0.00332 e. The molecule has 0 aliphatic carbocycles. The Labute approximate surface area is 49.3 Å². The van der Waals surface area contributed by atoms with E-state index < -0.39 is 0 Å². The number of rotatable bonds is 3. The van der Waals surface area contributed by atoms with E-state index >= 15 is 0 Å². The lowest BCUT2D eigenvalue weighted by molar-refractivity contribution is 1.04. The Hall–Kier alpha value is 0.0500. The van der Waals surface area contributed by atoms with Crippen molar-refractivity contribution in [1.82, 2.24) is 4.72 Å². The first-order valence-electron chi connectivity index (χ1n) is 2.32. The third-order valence-electron chi connectivity index (χ3n) is 0.391. The molecule has 0 bridgehead atoms. The molecule has 1 nitrogen and oxygen atoms in total. The minimum Gasteiger partial charge on any atom is -0.260 e. The fourth-order valence-electron chi connectivity index (χ4n) is 0.195.